The molecule has 0 aliphatic heterocycles. The van der Waals surface area contributed by atoms with Crippen LogP contribution in [0.1, 0.15) is 37.3 Å². The maximum atomic E-state index is 12.9. The molecule has 2 aromatic carbocycles. The molecule has 0 amide bonds. The molecule has 1 N–H and O–H groups in total. The summed E-state index contributed by atoms with van der Waals surface area (Å²) in [7, 11) is 1.64. The Labute approximate surface area is 143 Å². The lowest BCUT2D eigenvalue weighted by molar-refractivity contribution is 0.284. The number of unbranched alkanes of at least 4 members (excludes halogenated alkanes) is 2. The first-order valence-corrected chi connectivity index (χ1v) is 8.47. The van der Waals surface area contributed by atoms with Crippen LogP contribution in [0.25, 0.3) is 0 Å². The second-order valence-corrected chi connectivity index (χ2v) is 5.78. The number of benzene rings is 2. The molecule has 0 atom stereocenters. The van der Waals surface area contributed by atoms with Crippen LogP contribution in [-0.2, 0) is 13.2 Å². The number of nitrogens with one attached hydrogen (secondary N) is 1. The SMILES string of the molecule is CCCCCNCc1ccc(OCc2ccc(F)cc2)c(OC)c1. The summed E-state index contributed by atoms with van der Waals surface area (Å²) < 4.78 is 24.1. The molecular formula is C20H26FNO2. The van der Waals surface area contributed by atoms with E-state index in [0.717, 1.165) is 24.2 Å². The van der Waals surface area contributed by atoms with Crippen LogP contribution < -0.4 is 14.8 Å². The number of hydrogen-bond acceptors (Lipinski definition) is 3. The van der Waals surface area contributed by atoms with Crippen LogP contribution in [0.2, 0.25) is 0 Å². The fourth-order valence-electron chi connectivity index (χ4n) is 2.42. The third-order valence-corrected chi connectivity index (χ3v) is 3.82. The van der Waals surface area contributed by atoms with Crippen LogP contribution in [0.3, 0.4) is 0 Å². The summed E-state index contributed by atoms with van der Waals surface area (Å²) in [6, 6.07) is 12.3. The highest BCUT2D eigenvalue weighted by molar-refractivity contribution is 5.43. The van der Waals surface area contributed by atoms with Gasteiger partial charge in [0.05, 0.1) is 7.11 Å². The van der Waals surface area contributed by atoms with Gasteiger partial charge in [0.25, 0.3) is 0 Å². The summed E-state index contributed by atoms with van der Waals surface area (Å²) in [5.74, 6) is 1.16. The van der Waals surface area contributed by atoms with Gasteiger partial charge in [-0.1, -0.05) is 38.0 Å². The molecule has 2 aromatic rings. The third-order valence-electron chi connectivity index (χ3n) is 3.82. The Kier molecular flexibility index (Phi) is 7.56. The van der Waals surface area contributed by atoms with Crippen molar-refractivity contribution in [3.63, 3.8) is 0 Å². The maximum absolute atomic E-state index is 12.9. The van der Waals surface area contributed by atoms with E-state index in [1.807, 2.05) is 18.2 Å². The zero-order chi connectivity index (χ0) is 17.2. The molecule has 0 aliphatic carbocycles. The first-order chi connectivity index (χ1) is 11.7. The highest BCUT2D eigenvalue weighted by atomic mass is 19.1. The number of rotatable bonds is 10. The summed E-state index contributed by atoms with van der Waals surface area (Å²) >= 11 is 0. The van der Waals surface area contributed by atoms with Crippen molar-refractivity contribution in [1.29, 1.82) is 0 Å². The van der Waals surface area contributed by atoms with E-state index in [2.05, 4.69) is 12.2 Å². The third kappa shape index (κ3) is 5.85. The van der Waals surface area contributed by atoms with Gasteiger partial charge in [-0.3, -0.25) is 0 Å². The van der Waals surface area contributed by atoms with Crippen LogP contribution >= 0.6 is 0 Å². The molecule has 4 heteroatoms. The molecule has 0 unspecified atom stereocenters. The fourth-order valence-corrected chi connectivity index (χ4v) is 2.42. The number of ether oxygens (including phenoxy) is 2. The van der Waals surface area contributed by atoms with Crippen molar-refractivity contribution < 1.29 is 13.9 Å². The van der Waals surface area contributed by atoms with Crippen molar-refractivity contribution in [1.82, 2.24) is 5.32 Å². The average molecular weight is 331 g/mol. The Hall–Kier alpha value is -2.07. The number of halogens is 1. The molecule has 24 heavy (non-hydrogen) atoms. The Balaban J connectivity index is 1.89. The lowest BCUT2D eigenvalue weighted by atomic mass is 10.2. The molecule has 130 valence electrons. The lowest BCUT2D eigenvalue weighted by Gasteiger charge is -2.13. The van der Waals surface area contributed by atoms with Gasteiger partial charge in [0.1, 0.15) is 12.4 Å². The first kappa shape index (κ1) is 18.3. The van der Waals surface area contributed by atoms with E-state index < -0.39 is 0 Å². The van der Waals surface area contributed by atoms with E-state index >= 15 is 0 Å². The molecule has 3 nitrogen and oxygen atoms in total. The summed E-state index contributed by atoms with van der Waals surface area (Å²) in [5, 5.41) is 3.44. The van der Waals surface area contributed by atoms with E-state index in [-0.39, 0.29) is 5.82 Å². The predicted molar refractivity (Wildman–Crippen MR) is 95.0 cm³/mol. The van der Waals surface area contributed by atoms with E-state index in [1.165, 1.54) is 31.4 Å². The van der Waals surface area contributed by atoms with Crippen LogP contribution in [0, 0.1) is 5.82 Å². The van der Waals surface area contributed by atoms with Gasteiger partial charge < -0.3 is 14.8 Å². The Morgan fingerprint density at radius 2 is 1.71 bits per heavy atom. The highest BCUT2D eigenvalue weighted by Gasteiger charge is 2.06. The van der Waals surface area contributed by atoms with Crippen molar-refractivity contribution in [3.8, 4) is 11.5 Å². The Morgan fingerprint density at radius 1 is 0.958 bits per heavy atom. The standard InChI is InChI=1S/C20H26FNO2/c1-3-4-5-12-22-14-17-8-11-19(20(13-17)23-2)24-15-16-6-9-18(21)10-7-16/h6-11,13,22H,3-5,12,14-15H2,1-2H3. The van der Waals surface area contributed by atoms with Crippen molar-refractivity contribution in [3.05, 3.63) is 59.4 Å². The molecule has 0 saturated carbocycles. The largest absolute Gasteiger partial charge is 0.493 e. The quantitative estimate of drug-likeness (QED) is 0.641. The van der Waals surface area contributed by atoms with Gasteiger partial charge in [-0.15, -0.1) is 0 Å². The molecule has 0 bridgehead atoms. The molecule has 0 spiro atoms. The van der Waals surface area contributed by atoms with Gasteiger partial charge in [0.15, 0.2) is 11.5 Å². The van der Waals surface area contributed by atoms with Crippen LogP contribution in [0.5, 0.6) is 11.5 Å². The monoisotopic (exact) mass is 331 g/mol. The smallest absolute Gasteiger partial charge is 0.161 e. The minimum absolute atomic E-state index is 0.243. The van der Waals surface area contributed by atoms with E-state index in [0.29, 0.717) is 18.1 Å². The van der Waals surface area contributed by atoms with E-state index in [1.54, 1.807) is 19.2 Å². The topological polar surface area (TPSA) is 30.5 Å². The summed E-state index contributed by atoms with van der Waals surface area (Å²) in [5.41, 5.74) is 2.08. The van der Waals surface area contributed by atoms with Gasteiger partial charge in [-0.2, -0.15) is 0 Å². The van der Waals surface area contributed by atoms with Gasteiger partial charge in [-0.05, 0) is 48.4 Å². The minimum Gasteiger partial charge on any atom is -0.493 e. The van der Waals surface area contributed by atoms with Crippen molar-refractivity contribution in [2.75, 3.05) is 13.7 Å². The van der Waals surface area contributed by atoms with E-state index in [4.69, 9.17) is 9.47 Å². The van der Waals surface area contributed by atoms with Crippen LogP contribution in [-0.4, -0.2) is 13.7 Å². The van der Waals surface area contributed by atoms with Crippen LogP contribution in [0.4, 0.5) is 4.39 Å². The molecular weight excluding hydrogens is 305 g/mol. The summed E-state index contributed by atoms with van der Waals surface area (Å²) in [4.78, 5) is 0. The minimum atomic E-state index is -0.243. The Morgan fingerprint density at radius 3 is 2.42 bits per heavy atom. The second kappa shape index (κ2) is 9.93. The highest BCUT2D eigenvalue weighted by Crippen LogP contribution is 2.28. The molecule has 0 fully saturated rings. The molecule has 0 saturated heterocycles. The lowest BCUT2D eigenvalue weighted by Crippen LogP contribution is -2.14. The fraction of sp³-hybridized carbons (Fsp3) is 0.400. The van der Waals surface area contributed by atoms with Crippen LogP contribution in [0.15, 0.2) is 42.5 Å². The normalized spacial score (nSPS) is 10.6. The van der Waals surface area contributed by atoms with Gasteiger partial charge in [0.2, 0.25) is 0 Å². The molecule has 0 aliphatic rings. The summed E-state index contributed by atoms with van der Waals surface area (Å²) in [6.45, 7) is 4.43. The van der Waals surface area contributed by atoms with Crippen molar-refractivity contribution >= 4 is 0 Å². The van der Waals surface area contributed by atoms with E-state index in [9.17, 15) is 4.39 Å². The molecule has 0 radical (unpaired) electrons. The molecule has 2 rings (SSSR count). The maximum Gasteiger partial charge on any atom is 0.161 e. The van der Waals surface area contributed by atoms with Gasteiger partial charge in [-0.25, -0.2) is 4.39 Å². The first-order valence-electron chi connectivity index (χ1n) is 8.47. The van der Waals surface area contributed by atoms with Gasteiger partial charge in [0, 0.05) is 6.54 Å². The predicted octanol–water partition coefficient (Wildman–Crippen LogP) is 4.69. The zero-order valence-corrected chi connectivity index (χ0v) is 14.5. The number of methoxy groups -OCH3 is 1. The summed E-state index contributed by atoms with van der Waals surface area (Å²) in [6.07, 6.45) is 3.69. The Bertz CT molecular complexity index is 614. The van der Waals surface area contributed by atoms with Crippen molar-refractivity contribution in [2.24, 2.45) is 0 Å². The van der Waals surface area contributed by atoms with Crippen molar-refractivity contribution in [2.45, 2.75) is 39.3 Å². The second-order valence-electron chi connectivity index (χ2n) is 5.78. The zero-order valence-electron chi connectivity index (χ0n) is 14.5. The van der Waals surface area contributed by atoms with Gasteiger partial charge >= 0.3 is 0 Å². The number of hydrogen-bond donors (Lipinski definition) is 1. The average Bonchev–Trinajstić information content (AvgIpc) is 2.61. The molecule has 0 heterocycles. The molecule has 0 aromatic heterocycles.